The summed E-state index contributed by atoms with van der Waals surface area (Å²) in [5.41, 5.74) is 0. The van der Waals surface area contributed by atoms with E-state index in [2.05, 4.69) is 31.2 Å². The van der Waals surface area contributed by atoms with E-state index in [1.165, 1.54) is 57.8 Å². The van der Waals surface area contributed by atoms with Crippen molar-refractivity contribution >= 4 is 19.8 Å². The summed E-state index contributed by atoms with van der Waals surface area (Å²) >= 11 is 0. The molecule has 0 spiro atoms. The maximum Gasteiger partial charge on any atom is 0.472 e. The van der Waals surface area contributed by atoms with Crippen LogP contribution in [0.4, 0.5) is 0 Å². The van der Waals surface area contributed by atoms with Gasteiger partial charge in [0.25, 0.3) is 0 Å². The minimum Gasteiger partial charge on any atom is -0.462 e. The van der Waals surface area contributed by atoms with Crippen LogP contribution in [0.3, 0.4) is 0 Å². The molecule has 0 heterocycles. The second-order valence-electron chi connectivity index (χ2n) is 12.6. The molecule has 9 nitrogen and oxygen atoms in total. The molecule has 0 aromatic rings. The molecule has 2 atom stereocenters. The van der Waals surface area contributed by atoms with Crippen LogP contribution in [-0.2, 0) is 32.7 Å². The van der Waals surface area contributed by atoms with E-state index in [9.17, 15) is 19.0 Å². The fraction of sp³-hybridized carbons (Fsp3) is 0.824. The fourth-order valence-corrected chi connectivity index (χ4v) is 5.00. The Hall–Kier alpha value is -1.51. The molecule has 0 rings (SSSR count). The predicted molar refractivity (Wildman–Crippen MR) is 178 cm³/mol. The predicted octanol–water partition coefficient (Wildman–Crippen LogP) is 8.46. The number of quaternary nitrogens is 1. The van der Waals surface area contributed by atoms with E-state index >= 15 is 0 Å². The van der Waals surface area contributed by atoms with Crippen LogP contribution in [0.1, 0.15) is 129 Å². The number of allylic oxidation sites excluding steroid dienone is 4. The molecule has 0 saturated carbocycles. The third-order valence-corrected chi connectivity index (χ3v) is 7.94. The Labute approximate surface area is 268 Å². The van der Waals surface area contributed by atoms with Gasteiger partial charge in [-0.3, -0.25) is 18.6 Å². The number of likely N-dealkylation sites (N-methyl/N-ethyl adjacent to an activating group) is 1. The highest BCUT2D eigenvalue weighted by molar-refractivity contribution is 7.47. The number of nitrogens with zero attached hydrogens (tertiary/aromatic N) is 1. The van der Waals surface area contributed by atoms with Gasteiger partial charge in [-0.2, -0.15) is 0 Å². The van der Waals surface area contributed by atoms with Crippen LogP contribution in [0.15, 0.2) is 24.3 Å². The monoisotopic (exact) mass is 646 g/mol. The van der Waals surface area contributed by atoms with Gasteiger partial charge in [-0.25, -0.2) is 4.57 Å². The Morgan fingerprint density at radius 1 is 0.705 bits per heavy atom. The minimum absolute atomic E-state index is 0.0301. The number of hydrogen-bond donors (Lipinski definition) is 1. The second kappa shape index (κ2) is 27.8. The van der Waals surface area contributed by atoms with Gasteiger partial charge >= 0.3 is 19.8 Å². The molecule has 0 radical (unpaired) electrons. The van der Waals surface area contributed by atoms with Crippen molar-refractivity contribution in [2.45, 2.75) is 136 Å². The summed E-state index contributed by atoms with van der Waals surface area (Å²) in [6.07, 6.45) is 26.7. The molecule has 2 unspecified atom stereocenters. The molecule has 0 amide bonds. The quantitative estimate of drug-likeness (QED) is 0.0272. The number of hydrogen-bond acceptors (Lipinski definition) is 7. The number of esters is 2. The zero-order valence-corrected chi connectivity index (χ0v) is 29.5. The van der Waals surface area contributed by atoms with Crippen LogP contribution in [0.5, 0.6) is 0 Å². The van der Waals surface area contributed by atoms with Gasteiger partial charge in [-0.05, 0) is 44.9 Å². The molecule has 0 aliphatic heterocycles. The first-order chi connectivity index (χ1) is 21.0. The van der Waals surface area contributed by atoms with Crippen molar-refractivity contribution in [3.05, 3.63) is 24.3 Å². The lowest BCUT2D eigenvalue weighted by atomic mass is 10.1. The average molecular weight is 647 g/mol. The van der Waals surface area contributed by atoms with Crippen molar-refractivity contribution in [1.82, 2.24) is 0 Å². The van der Waals surface area contributed by atoms with E-state index in [0.29, 0.717) is 23.9 Å². The van der Waals surface area contributed by atoms with Crippen molar-refractivity contribution in [2.75, 3.05) is 47.5 Å². The lowest BCUT2D eigenvalue weighted by Gasteiger charge is -2.24. The summed E-state index contributed by atoms with van der Waals surface area (Å²) in [5, 5.41) is 0. The van der Waals surface area contributed by atoms with E-state index in [0.717, 1.165) is 32.1 Å². The van der Waals surface area contributed by atoms with Gasteiger partial charge in [-0.1, -0.05) is 95.9 Å². The molecular formula is C34H65NO8P+. The molecule has 0 aromatic carbocycles. The first-order valence-corrected chi connectivity index (χ1v) is 18.6. The number of phosphoric ester groups is 1. The van der Waals surface area contributed by atoms with Gasteiger partial charge in [0.2, 0.25) is 0 Å². The highest BCUT2D eigenvalue weighted by Gasteiger charge is 2.27. The van der Waals surface area contributed by atoms with Gasteiger partial charge in [0.1, 0.15) is 19.8 Å². The van der Waals surface area contributed by atoms with Crippen LogP contribution < -0.4 is 0 Å². The molecule has 0 fully saturated rings. The summed E-state index contributed by atoms with van der Waals surface area (Å²) in [5.74, 6) is -0.867. The second-order valence-corrected chi connectivity index (χ2v) is 14.0. The molecule has 0 aromatic heterocycles. The van der Waals surface area contributed by atoms with E-state index in [4.69, 9.17) is 18.5 Å². The molecule has 258 valence electrons. The Morgan fingerprint density at radius 3 is 1.84 bits per heavy atom. The number of ether oxygens (including phenoxy) is 2. The minimum atomic E-state index is -4.34. The maximum absolute atomic E-state index is 12.4. The van der Waals surface area contributed by atoms with Gasteiger partial charge in [0.15, 0.2) is 6.10 Å². The van der Waals surface area contributed by atoms with E-state index in [1.807, 2.05) is 28.1 Å². The van der Waals surface area contributed by atoms with E-state index in [-0.39, 0.29) is 26.1 Å². The fourth-order valence-electron chi connectivity index (χ4n) is 4.26. The van der Waals surface area contributed by atoms with Crippen LogP contribution in [0.25, 0.3) is 0 Å². The lowest BCUT2D eigenvalue weighted by Crippen LogP contribution is -2.37. The zero-order chi connectivity index (χ0) is 32.9. The summed E-state index contributed by atoms with van der Waals surface area (Å²) in [6.45, 7) is 3.98. The standard InChI is InChI=1S/C34H64NO8P/c1-6-8-9-10-11-12-13-14-15-16-17-18-19-20-21-22-23-24-25-27-34(37)43-32(30-40-33(36)26-7-2)31-42-44(38,39)41-29-28-35(3,4)5/h11-12,14-15,32H,6-10,13,16-31H2,1-5H3/p+1/b12-11-,15-14-. The van der Waals surface area contributed by atoms with Crippen molar-refractivity contribution in [1.29, 1.82) is 0 Å². The average Bonchev–Trinajstić information content (AvgIpc) is 2.95. The Morgan fingerprint density at radius 2 is 1.27 bits per heavy atom. The Kier molecular flexibility index (Phi) is 26.8. The molecule has 0 aliphatic rings. The zero-order valence-electron chi connectivity index (χ0n) is 28.6. The topological polar surface area (TPSA) is 108 Å². The molecular weight excluding hydrogens is 581 g/mol. The number of phosphoric acid groups is 1. The van der Waals surface area contributed by atoms with E-state index in [1.54, 1.807) is 0 Å². The van der Waals surface area contributed by atoms with Gasteiger partial charge < -0.3 is 18.9 Å². The number of carbonyl (C=O) groups excluding carboxylic acids is 2. The van der Waals surface area contributed by atoms with E-state index < -0.39 is 32.5 Å². The largest absolute Gasteiger partial charge is 0.472 e. The number of unbranched alkanes of at least 4 members (excludes halogenated alkanes) is 12. The number of rotatable bonds is 30. The van der Waals surface area contributed by atoms with Gasteiger partial charge in [-0.15, -0.1) is 0 Å². The van der Waals surface area contributed by atoms with Crippen LogP contribution in [0, 0.1) is 0 Å². The van der Waals surface area contributed by atoms with Crippen LogP contribution in [-0.4, -0.2) is 74.9 Å². The third-order valence-electron chi connectivity index (χ3n) is 6.95. The highest BCUT2D eigenvalue weighted by atomic mass is 31.2. The first-order valence-electron chi connectivity index (χ1n) is 17.1. The Balaban J connectivity index is 4.08. The van der Waals surface area contributed by atoms with Gasteiger partial charge in [0, 0.05) is 12.8 Å². The molecule has 0 saturated heterocycles. The van der Waals surface area contributed by atoms with Crippen molar-refractivity contribution in [3.63, 3.8) is 0 Å². The van der Waals surface area contributed by atoms with Crippen molar-refractivity contribution < 1.29 is 42.1 Å². The SMILES string of the molecule is CCCCC/C=C\C/C=C\CCCCCCCCCCCC(=O)OC(COC(=O)CCC)COP(=O)(O)OCC[N+](C)(C)C. The summed E-state index contributed by atoms with van der Waals surface area (Å²) in [7, 11) is 1.46. The Bertz CT molecular complexity index is 825. The first kappa shape index (κ1) is 42.5. The molecule has 0 aliphatic carbocycles. The van der Waals surface area contributed by atoms with Crippen molar-refractivity contribution in [2.24, 2.45) is 0 Å². The maximum atomic E-state index is 12.4. The summed E-state index contributed by atoms with van der Waals surface area (Å²) < 4.78 is 33.5. The molecule has 44 heavy (non-hydrogen) atoms. The molecule has 10 heteroatoms. The highest BCUT2D eigenvalue weighted by Crippen LogP contribution is 2.43. The lowest BCUT2D eigenvalue weighted by molar-refractivity contribution is -0.870. The summed E-state index contributed by atoms with van der Waals surface area (Å²) in [4.78, 5) is 34.2. The van der Waals surface area contributed by atoms with Crippen molar-refractivity contribution in [3.8, 4) is 0 Å². The third kappa shape index (κ3) is 30.5. The number of carbonyl (C=O) groups is 2. The molecule has 1 N–H and O–H groups in total. The van der Waals surface area contributed by atoms with Gasteiger partial charge in [0.05, 0.1) is 27.7 Å². The van der Waals surface area contributed by atoms with Crippen LogP contribution in [0.2, 0.25) is 0 Å². The summed E-state index contributed by atoms with van der Waals surface area (Å²) in [6, 6.07) is 0. The smallest absolute Gasteiger partial charge is 0.462 e. The normalized spacial score (nSPS) is 14.2. The van der Waals surface area contributed by atoms with Crippen LogP contribution >= 0.6 is 7.82 Å². The molecule has 0 bridgehead atoms.